The highest BCUT2D eigenvalue weighted by molar-refractivity contribution is 5.95. The number of benzene rings is 2. The fraction of sp³-hybridized carbons (Fsp3) is 0.174. The minimum absolute atomic E-state index is 0.00809. The highest BCUT2D eigenvalue weighted by atomic mass is 19.1. The van der Waals surface area contributed by atoms with Gasteiger partial charge in [-0.05, 0) is 36.4 Å². The van der Waals surface area contributed by atoms with Crippen LogP contribution in [0.4, 0.5) is 14.5 Å². The zero-order valence-electron chi connectivity index (χ0n) is 19.0. The summed E-state index contributed by atoms with van der Waals surface area (Å²) in [6.45, 7) is -1.17. The average molecular weight is 496 g/mol. The van der Waals surface area contributed by atoms with Crippen molar-refractivity contribution in [1.82, 2.24) is 24.7 Å². The van der Waals surface area contributed by atoms with Crippen LogP contribution in [0.2, 0.25) is 0 Å². The lowest BCUT2D eigenvalue weighted by Gasteiger charge is -2.21. The lowest BCUT2D eigenvalue weighted by molar-refractivity contribution is 0.260. The van der Waals surface area contributed by atoms with Crippen molar-refractivity contribution in [3.8, 4) is 17.4 Å². The summed E-state index contributed by atoms with van der Waals surface area (Å²) in [4.78, 5) is 23.3. The van der Waals surface area contributed by atoms with Gasteiger partial charge in [-0.25, -0.2) is 23.5 Å². The summed E-state index contributed by atoms with van der Waals surface area (Å²) in [7, 11) is 1.39. The van der Waals surface area contributed by atoms with E-state index in [1.54, 1.807) is 30.3 Å². The van der Waals surface area contributed by atoms with Gasteiger partial charge in [-0.15, -0.1) is 9.78 Å². The van der Waals surface area contributed by atoms with Crippen molar-refractivity contribution in [3.63, 3.8) is 0 Å². The Balaban J connectivity index is 1.84. The number of ether oxygens (including phenoxy) is 2. The monoisotopic (exact) mass is 496 g/mol. The number of amidine groups is 1. The summed E-state index contributed by atoms with van der Waals surface area (Å²) in [6.07, 6.45) is 2.90. The summed E-state index contributed by atoms with van der Waals surface area (Å²) in [5, 5.41) is 15.0. The normalized spacial score (nSPS) is 11.6. The molecule has 11 nitrogen and oxygen atoms in total. The van der Waals surface area contributed by atoms with Gasteiger partial charge >= 0.3 is 5.69 Å². The highest BCUT2D eigenvalue weighted by Crippen LogP contribution is 2.35. The average Bonchev–Trinajstić information content (AvgIpc) is 3.28. The molecule has 4 aromatic rings. The number of hydrogen-bond donors (Lipinski definition) is 4. The van der Waals surface area contributed by atoms with Gasteiger partial charge in [-0.1, -0.05) is 0 Å². The third-order valence-electron chi connectivity index (χ3n) is 5.08. The fourth-order valence-corrected chi connectivity index (χ4v) is 3.39. The number of aromatic amines is 1. The third kappa shape index (κ3) is 5.14. The molecule has 0 saturated heterocycles. The smallest absolute Gasteiger partial charge is 0.350 e. The lowest BCUT2D eigenvalue weighted by Crippen LogP contribution is -2.18. The van der Waals surface area contributed by atoms with Gasteiger partial charge < -0.3 is 20.5 Å². The largest absolute Gasteiger partial charge is 0.497 e. The Morgan fingerprint density at radius 2 is 1.97 bits per heavy atom. The molecule has 0 aliphatic rings. The Bertz CT molecular complexity index is 1410. The minimum atomic E-state index is -1.06. The number of alkyl halides is 1. The maximum Gasteiger partial charge on any atom is 0.350 e. The van der Waals surface area contributed by atoms with Crippen molar-refractivity contribution in [1.29, 1.82) is 5.41 Å². The Morgan fingerprint density at radius 1 is 1.25 bits per heavy atom. The number of methoxy groups -OCH3 is 1. The van der Waals surface area contributed by atoms with Crippen LogP contribution in [0.1, 0.15) is 23.0 Å². The van der Waals surface area contributed by atoms with Crippen LogP contribution < -0.4 is 26.2 Å². The molecule has 0 aliphatic heterocycles. The van der Waals surface area contributed by atoms with E-state index >= 15 is 4.39 Å². The molecule has 2 aromatic carbocycles. The second-order valence-electron chi connectivity index (χ2n) is 7.41. The van der Waals surface area contributed by atoms with E-state index in [-0.39, 0.29) is 41.3 Å². The molecule has 1 unspecified atom stereocenters. The summed E-state index contributed by atoms with van der Waals surface area (Å²) in [5.74, 6) is -0.841. The van der Waals surface area contributed by atoms with Crippen molar-refractivity contribution >= 4 is 11.5 Å². The molecule has 1 atom stereocenters. The Hall–Kier alpha value is -4.81. The molecule has 36 heavy (non-hydrogen) atoms. The molecular formula is C23H22F2N8O3. The molecule has 0 spiro atoms. The van der Waals surface area contributed by atoms with Gasteiger partial charge in [-0.3, -0.25) is 10.4 Å². The SMILES string of the molecule is COc1cc(OCCF)c(F)c(C(Nc2ccc(C(=N)N)cc2)c2nn(-c3ncccn3)c(=O)[nH]2)c1. The van der Waals surface area contributed by atoms with Gasteiger partial charge in [0.1, 0.15) is 30.9 Å². The summed E-state index contributed by atoms with van der Waals surface area (Å²) in [6, 6.07) is 9.73. The van der Waals surface area contributed by atoms with Gasteiger partial charge in [0.25, 0.3) is 5.95 Å². The highest BCUT2D eigenvalue weighted by Gasteiger charge is 2.27. The van der Waals surface area contributed by atoms with E-state index in [1.165, 1.54) is 31.6 Å². The van der Waals surface area contributed by atoms with Gasteiger partial charge in [0.15, 0.2) is 17.4 Å². The van der Waals surface area contributed by atoms with Crippen molar-refractivity contribution in [3.05, 3.63) is 88.1 Å². The van der Waals surface area contributed by atoms with Crippen LogP contribution in [0.5, 0.6) is 11.5 Å². The van der Waals surface area contributed by atoms with Crippen LogP contribution in [0, 0.1) is 11.2 Å². The third-order valence-corrected chi connectivity index (χ3v) is 5.08. The number of nitrogens with two attached hydrogens (primary N) is 1. The number of H-pyrrole nitrogens is 1. The molecule has 0 bridgehead atoms. The molecule has 0 aliphatic carbocycles. The first-order valence-electron chi connectivity index (χ1n) is 10.6. The second-order valence-corrected chi connectivity index (χ2v) is 7.41. The molecule has 4 rings (SSSR count). The zero-order chi connectivity index (χ0) is 25.7. The predicted octanol–water partition coefficient (Wildman–Crippen LogP) is 2.33. The topological polar surface area (TPSA) is 157 Å². The maximum absolute atomic E-state index is 15.6. The number of nitrogens with one attached hydrogen (secondary N) is 3. The van der Waals surface area contributed by atoms with E-state index in [4.69, 9.17) is 20.6 Å². The number of rotatable bonds is 10. The van der Waals surface area contributed by atoms with Gasteiger partial charge in [0, 0.05) is 35.3 Å². The van der Waals surface area contributed by atoms with Crippen molar-refractivity contribution in [2.24, 2.45) is 5.73 Å². The molecule has 2 aromatic heterocycles. The molecule has 2 heterocycles. The molecule has 0 radical (unpaired) electrons. The van der Waals surface area contributed by atoms with Gasteiger partial charge in [-0.2, -0.15) is 0 Å². The summed E-state index contributed by atoms with van der Waals surface area (Å²) in [5.41, 5.74) is 5.88. The summed E-state index contributed by atoms with van der Waals surface area (Å²) < 4.78 is 39.8. The Labute approximate surface area is 203 Å². The first kappa shape index (κ1) is 24.3. The van der Waals surface area contributed by atoms with Crippen molar-refractivity contribution < 1.29 is 18.3 Å². The van der Waals surface area contributed by atoms with E-state index in [0.29, 0.717) is 11.3 Å². The van der Waals surface area contributed by atoms with Crippen LogP contribution in [-0.4, -0.2) is 51.0 Å². The first-order valence-corrected chi connectivity index (χ1v) is 10.6. The van der Waals surface area contributed by atoms with Crippen LogP contribution in [0.15, 0.2) is 59.7 Å². The molecule has 186 valence electrons. The van der Waals surface area contributed by atoms with Crippen LogP contribution in [0.25, 0.3) is 5.95 Å². The Morgan fingerprint density at radius 3 is 2.61 bits per heavy atom. The number of hydrogen-bond acceptors (Lipinski definition) is 8. The first-order chi connectivity index (χ1) is 17.4. The summed E-state index contributed by atoms with van der Waals surface area (Å²) >= 11 is 0. The number of halogens is 2. The number of nitrogens with zero attached hydrogens (tertiary/aromatic N) is 4. The second kappa shape index (κ2) is 10.6. The molecule has 5 N–H and O–H groups in total. The van der Waals surface area contributed by atoms with E-state index in [2.05, 4.69) is 25.4 Å². The number of aromatic nitrogens is 5. The van der Waals surface area contributed by atoms with Gasteiger partial charge in [0.2, 0.25) is 0 Å². The molecule has 0 fully saturated rings. The standard InChI is InChI=1S/C23H22F2N8O3/c1-35-15-11-16(18(25)17(12-15)36-10-7-24)19(30-14-5-3-13(4-6-14)20(26)27)21-31-23(34)33(32-21)22-28-8-2-9-29-22/h2-6,8-9,11-12,19,30H,7,10H2,1H3,(H3,26,27)(H,31,32,34). The van der Waals surface area contributed by atoms with E-state index in [0.717, 1.165) is 4.68 Å². The quantitative estimate of drug-likeness (QED) is 0.192. The van der Waals surface area contributed by atoms with Gasteiger partial charge in [0.05, 0.1) is 7.11 Å². The van der Waals surface area contributed by atoms with Crippen LogP contribution in [0.3, 0.4) is 0 Å². The Kier molecular flexibility index (Phi) is 7.18. The van der Waals surface area contributed by atoms with Crippen LogP contribution >= 0.6 is 0 Å². The zero-order valence-corrected chi connectivity index (χ0v) is 19.0. The maximum atomic E-state index is 15.6. The fourth-order valence-electron chi connectivity index (χ4n) is 3.39. The minimum Gasteiger partial charge on any atom is -0.497 e. The molecular weight excluding hydrogens is 474 g/mol. The van der Waals surface area contributed by atoms with E-state index in [1.807, 2.05) is 0 Å². The van der Waals surface area contributed by atoms with Crippen molar-refractivity contribution in [2.75, 3.05) is 25.7 Å². The molecule has 0 saturated carbocycles. The predicted molar refractivity (Wildman–Crippen MR) is 127 cm³/mol. The molecule has 0 amide bonds. The number of nitrogen functional groups attached to an aromatic ring is 1. The number of anilines is 1. The van der Waals surface area contributed by atoms with Crippen LogP contribution in [-0.2, 0) is 0 Å². The lowest BCUT2D eigenvalue weighted by atomic mass is 10.0. The van der Waals surface area contributed by atoms with E-state index < -0.39 is 24.2 Å². The molecule has 13 heteroatoms. The van der Waals surface area contributed by atoms with E-state index in [9.17, 15) is 9.18 Å². The van der Waals surface area contributed by atoms with Crippen molar-refractivity contribution in [2.45, 2.75) is 6.04 Å².